The van der Waals surface area contributed by atoms with E-state index in [0.717, 1.165) is 4.31 Å². The van der Waals surface area contributed by atoms with Gasteiger partial charge in [0.1, 0.15) is 18.0 Å². The molecule has 168 valence electrons. The van der Waals surface area contributed by atoms with E-state index >= 15 is 0 Å². The minimum absolute atomic E-state index is 0.0972. The molecular formula is C24H26N2O5S. The van der Waals surface area contributed by atoms with Crippen molar-refractivity contribution in [1.29, 1.82) is 0 Å². The van der Waals surface area contributed by atoms with Crippen LogP contribution >= 0.6 is 0 Å². The highest BCUT2D eigenvalue weighted by Crippen LogP contribution is 2.26. The van der Waals surface area contributed by atoms with Crippen molar-refractivity contribution in [1.82, 2.24) is 0 Å². The van der Waals surface area contributed by atoms with Crippen molar-refractivity contribution in [3.63, 3.8) is 0 Å². The van der Waals surface area contributed by atoms with Gasteiger partial charge in [0.15, 0.2) is 0 Å². The fraction of sp³-hybridized carbons (Fsp3) is 0.208. The number of benzene rings is 3. The van der Waals surface area contributed by atoms with Crippen LogP contribution in [0, 0.1) is 0 Å². The quantitative estimate of drug-likeness (QED) is 0.493. The molecule has 0 saturated heterocycles. The third kappa shape index (κ3) is 5.79. The summed E-state index contributed by atoms with van der Waals surface area (Å²) < 4.78 is 38.7. The Morgan fingerprint density at radius 1 is 0.844 bits per heavy atom. The summed E-state index contributed by atoms with van der Waals surface area (Å²) in [5.41, 5.74) is 0.875. The van der Waals surface area contributed by atoms with Crippen LogP contribution in [0.1, 0.15) is 13.8 Å². The average Bonchev–Trinajstić information content (AvgIpc) is 2.79. The molecule has 0 atom stereocenters. The predicted molar refractivity (Wildman–Crippen MR) is 125 cm³/mol. The molecule has 0 fully saturated rings. The molecule has 32 heavy (non-hydrogen) atoms. The topological polar surface area (TPSA) is 84.9 Å². The third-order valence-electron chi connectivity index (χ3n) is 4.48. The monoisotopic (exact) mass is 454 g/mol. The molecule has 0 radical (unpaired) electrons. The van der Waals surface area contributed by atoms with Crippen molar-refractivity contribution in [3.05, 3.63) is 78.9 Å². The van der Waals surface area contributed by atoms with Gasteiger partial charge in [-0.2, -0.15) is 0 Å². The second-order valence-corrected chi connectivity index (χ2v) is 8.62. The molecule has 0 aromatic heterocycles. The molecule has 3 aromatic carbocycles. The van der Waals surface area contributed by atoms with Gasteiger partial charge in [0.25, 0.3) is 10.0 Å². The van der Waals surface area contributed by atoms with Crippen molar-refractivity contribution in [3.8, 4) is 11.5 Å². The van der Waals surface area contributed by atoms with Crippen molar-refractivity contribution >= 4 is 27.3 Å². The van der Waals surface area contributed by atoms with Crippen LogP contribution in [0.5, 0.6) is 11.5 Å². The third-order valence-corrected chi connectivity index (χ3v) is 6.27. The Kier molecular flexibility index (Phi) is 7.72. The van der Waals surface area contributed by atoms with E-state index in [9.17, 15) is 13.2 Å². The van der Waals surface area contributed by atoms with Gasteiger partial charge in [-0.05, 0) is 62.4 Å². The van der Waals surface area contributed by atoms with Gasteiger partial charge in [-0.3, -0.25) is 9.10 Å². The summed E-state index contributed by atoms with van der Waals surface area (Å²) in [6.07, 6.45) is 0. The van der Waals surface area contributed by atoms with Crippen LogP contribution in [-0.2, 0) is 14.8 Å². The van der Waals surface area contributed by atoms with Gasteiger partial charge in [-0.15, -0.1) is 0 Å². The highest BCUT2D eigenvalue weighted by molar-refractivity contribution is 7.92. The molecule has 0 aliphatic heterocycles. The summed E-state index contributed by atoms with van der Waals surface area (Å²) in [6.45, 7) is 4.33. The molecule has 1 amide bonds. The lowest BCUT2D eigenvalue weighted by atomic mass is 10.3. The number of anilines is 2. The molecule has 1 N–H and O–H groups in total. The highest BCUT2D eigenvalue weighted by atomic mass is 32.2. The van der Waals surface area contributed by atoms with E-state index in [1.165, 1.54) is 12.1 Å². The summed E-state index contributed by atoms with van der Waals surface area (Å²) in [5, 5.41) is 2.75. The van der Waals surface area contributed by atoms with Crippen LogP contribution in [0.2, 0.25) is 0 Å². The van der Waals surface area contributed by atoms with E-state index in [2.05, 4.69) is 5.32 Å². The average molecular weight is 455 g/mol. The van der Waals surface area contributed by atoms with Gasteiger partial charge in [0.2, 0.25) is 5.91 Å². The van der Waals surface area contributed by atoms with E-state index < -0.39 is 22.5 Å². The molecule has 8 heteroatoms. The normalized spacial score (nSPS) is 10.9. The number of amides is 1. The summed E-state index contributed by atoms with van der Waals surface area (Å²) in [6, 6.07) is 21.6. The van der Waals surface area contributed by atoms with Crippen LogP contribution in [0.4, 0.5) is 11.4 Å². The zero-order valence-electron chi connectivity index (χ0n) is 18.0. The smallest absolute Gasteiger partial charge is 0.264 e. The fourth-order valence-electron chi connectivity index (χ4n) is 3.07. The Morgan fingerprint density at radius 3 is 2.16 bits per heavy atom. The summed E-state index contributed by atoms with van der Waals surface area (Å²) in [5.74, 6) is 0.753. The second-order valence-electron chi connectivity index (χ2n) is 6.76. The first-order chi connectivity index (χ1) is 15.4. The molecule has 0 aliphatic carbocycles. The Balaban J connectivity index is 1.88. The van der Waals surface area contributed by atoms with Gasteiger partial charge in [0.05, 0.1) is 23.8 Å². The molecule has 0 bridgehead atoms. The molecule has 0 saturated carbocycles. The zero-order chi connectivity index (χ0) is 23.0. The first kappa shape index (κ1) is 23.1. The highest BCUT2D eigenvalue weighted by Gasteiger charge is 2.27. The van der Waals surface area contributed by atoms with Gasteiger partial charge in [-0.25, -0.2) is 8.42 Å². The number of hydrogen-bond donors (Lipinski definition) is 1. The predicted octanol–water partition coefficient (Wildman–Crippen LogP) is 4.32. The van der Waals surface area contributed by atoms with Crippen LogP contribution in [0.3, 0.4) is 0 Å². The van der Waals surface area contributed by atoms with Crippen LogP contribution in [0.25, 0.3) is 0 Å². The SMILES string of the molecule is CCOc1ccc(N(CC(=O)Nc2cccc(OCC)c2)S(=O)(=O)c2ccccc2)cc1. The molecule has 3 aromatic rings. The van der Waals surface area contributed by atoms with Gasteiger partial charge in [0, 0.05) is 11.8 Å². The molecular weight excluding hydrogens is 428 g/mol. The second kappa shape index (κ2) is 10.7. The number of nitrogens with one attached hydrogen (secondary N) is 1. The summed E-state index contributed by atoms with van der Waals surface area (Å²) in [7, 11) is -3.98. The van der Waals surface area contributed by atoms with Crippen molar-refractivity contribution in [2.75, 3.05) is 29.4 Å². The fourth-order valence-corrected chi connectivity index (χ4v) is 4.51. The van der Waals surface area contributed by atoms with Crippen LogP contribution < -0.4 is 19.1 Å². The summed E-state index contributed by atoms with van der Waals surface area (Å²) >= 11 is 0. The zero-order valence-corrected chi connectivity index (χ0v) is 18.8. The lowest BCUT2D eigenvalue weighted by Crippen LogP contribution is -2.38. The van der Waals surface area contributed by atoms with Crippen molar-refractivity contribution in [2.45, 2.75) is 18.7 Å². The van der Waals surface area contributed by atoms with Crippen molar-refractivity contribution < 1.29 is 22.7 Å². The minimum Gasteiger partial charge on any atom is -0.494 e. The Hall–Kier alpha value is -3.52. The standard InChI is InChI=1S/C24H26N2O5S/c1-3-30-21-15-13-20(14-16-21)26(32(28,29)23-11-6-5-7-12-23)18-24(27)25-19-9-8-10-22(17-19)31-4-2/h5-17H,3-4,18H2,1-2H3,(H,25,27). The molecule has 0 unspecified atom stereocenters. The number of carbonyl (C=O) groups excluding carboxylic acids is 1. The number of sulfonamides is 1. The Morgan fingerprint density at radius 2 is 1.50 bits per heavy atom. The minimum atomic E-state index is -3.98. The Labute approximate surface area is 188 Å². The van der Waals surface area contributed by atoms with Crippen molar-refractivity contribution in [2.24, 2.45) is 0 Å². The van der Waals surface area contributed by atoms with Gasteiger partial charge >= 0.3 is 0 Å². The molecule has 7 nitrogen and oxygen atoms in total. The lowest BCUT2D eigenvalue weighted by molar-refractivity contribution is -0.114. The van der Waals surface area contributed by atoms with E-state index in [-0.39, 0.29) is 4.90 Å². The van der Waals surface area contributed by atoms with E-state index in [1.807, 2.05) is 13.8 Å². The van der Waals surface area contributed by atoms with E-state index in [0.29, 0.717) is 36.1 Å². The number of carbonyl (C=O) groups is 1. The number of nitrogens with zero attached hydrogens (tertiary/aromatic N) is 1. The van der Waals surface area contributed by atoms with Crippen LogP contribution in [-0.4, -0.2) is 34.1 Å². The lowest BCUT2D eigenvalue weighted by Gasteiger charge is -2.24. The number of rotatable bonds is 10. The van der Waals surface area contributed by atoms with E-state index in [4.69, 9.17) is 9.47 Å². The maximum atomic E-state index is 13.4. The first-order valence-electron chi connectivity index (χ1n) is 10.3. The molecule has 0 heterocycles. The first-order valence-corrected chi connectivity index (χ1v) is 11.7. The number of hydrogen-bond acceptors (Lipinski definition) is 5. The molecule has 3 rings (SSSR count). The van der Waals surface area contributed by atoms with Gasteiger partial charge < -0.3 is 14.8 Å². The largest absolute Gasteiger partial charge is 0.494 e. The Bertz CT molecular complexity index is 1130. The van der Waals surface area contributed by atoms with E-state index in [1.54, 1.807) is 66.7 Å². The maximum Gasteiger partial charge on any atom is 0.264 e. The summed E-state index contributed by atoms with van der Waals surface area (Å²) in [4.78, 5) is 12.9. The molecule has 0 aliphatic rings. The number of ether oxygens (including phenoxy) is 2. The molecule has 0 spiro atoms. The van der Waals surface area contributed by atoms with Crippen LogP contribution in [0.15, 0.2) is 83.8 Å². The van der Waals surface area contributed by atoms with Gasteiger partial charge in [-0.1, -0.05) is 24.3 Å². The maximum absolute atomic E-state index is 13.4.